The van der Waals surface area contributed by atoms with Crippen LogP contribution in [0.2, 0.25) is 0 Å². The van der Waals surface area contributed by atoms with Crippen molar-refractivity contribution in [1.82, 2.24) is 21.3 Å². The number of aliphatic hydroxyl groups excluding tert-OH is 9. The Morgan fingerprint density at radius 2 is 1.00 bits per heavy atom. The van der Waals surface area contributed by atoms with E-state index >= 15 is 0 Å². The molecule has 444 valence electrons. The molecular weight excluding hydrogens is 1080 g/mol. The summed E-state index contributed by atoms with van der Waals surface area (Å²) in [6.45, 7) is 1.23. The van der Waals surface area contributed by atoms with E-state index < -0.39 is 183 Å². The van der Waals surface area contributed by atoms with E-state index in [0.29, 0.717) is 0 Å². The van der Waals surface area contributed by atoms with Crippen molar-refractivity contribution in [2.45, 2.75) is 208 Å². The van der Waals surface area contributed by atoms with E-state index in [4.69, 9.17) is 33.2 Å². The SMILES string of the molecule is CCCCCC/C=C\CCCCc1ccc(C(=O)NC2[C@H](O[C@H]3C(O)C(NC(C)=O)[C@H](O[C@@H]4C(CO)O[C@@H](O[C@H]5C(O)C(NC(C)=O)[C@H](O)O[C@H]5COS(=O)(=O)[O-])C(NC(C)=O)[C@H]4O)O[C@H]3CO)OC(CO)[C@@H](O)[C@@H]2O)cc1.[Na+]. The molecule has 0 aromatic heterocycles. The molecule has 0 bridgehead atoms. The molecule has 4 amide bonds. The second-order valence-corrected chi connectivity index (χ2v) is 20.7. The van der Waals surface area contributed by atoms with Gasteiger partial charge in [-0.05, 0) is 56.2 Å². The molecule has 1 aromatic carbocycles. The first-order valence-electron chi connectivity index (χ1n) is 26.0. The first kappa shape index (κ1) is 68.6. The van der Waals surface area contributed by atoms with Crippen molar-refractivity contribution in [2.24, 2.45) is 0 Å². The van der Waals surface area contributed by atoms with E-state index in [9.17, 15) is 78.1 Å². The Kier molecular flexibility index (Phi) is 28.5. The van der Waals surface area contributed by atoms with E-state index in [0.717, 1.165) is 58.4 Å². The molecule has 4 heterocycles. The number of benzene rings is 1. The van der Waals surface area contributed by atoms with E-state index in [1.807, 2.05) is 0 Å². The van der Waals surface area contributed by atoms with Crippen LogP contribution in [0.3, 0.4) is 0 Å². The van der Waals surface area contributed by atoms with E-state index in [-0.39, 0.29) is 35.1 Å². The van der Waals surface area contributed by atoms with E-state index in [1.54, 1.807) is 24.3 Å². The van der Waals surface area contributed by atoms with Crippen LogP contribution in [0, 0.1) is 0 Å². The molecular formula is C49H77N4NaO24S. The molecule has 0 radical (unpaired) electrons. The number of carbonyl (C=O) groups is 4. The van der Waals surface area contributed by atoms with Crippen molar-refractivity contribution in [3.63, 3.8) is 0 Å². The predicted molar refractivity (Wildman–Crippen MR) is 264 cm³/mol. The average Bonchev–Trinajstić information content (AvgIpc) is 3.43. The molecule has 0 saturated carbocycles. The van der Waals surface area contributed by atoms with Gasteiger partial charge in [-0.2, -0.15) is 0 Å². The van der Waals surface area contributed by atoms with Gasteiger partial charge in [0.1, 0.15) is 97.4 Å². The standard InChI is InChI=1S/C49H78N4O24S.Na/c1-5-6-7-8-9-10-11-12-13-14-15-27-16-18-28(19-17-27)45(65)53-34-38(61)37(60)29(20-54)72-47(34)75-42-30(21-55)73-48(35(40(42)63)51-25(3)58)76-43-31(22-56)74-49(36(41(43)64)52-26(4)59)77-44-32(23-70-78(67,68)69)71-46(66)33(39(44)62)50-24(2)57;/h10-11,16-19,29-44,46-49,54-56,60-64,66H,5-9,12-15,20-23H2,1-4H3,(H,50,57)(H,51,58)(H,52,59)(H,53,65)(H,67,68,69);/q;+1/p-1/b11-10-;/t29?,30-,31?,32-,33?,34?,35?,36?,37+,38+,39?,40?,41+,42+,43+,44+,46+,47-,48-,49-;/m0./s1. The number of amides is 4. The van der Waals surface area contributed by atoms with Crippen LogP contribution >= 0.6 is 0 Å². The van der Waals surface area contributed by atoms with Crippen molar-refractivity contribution in [2.75, 3.05) is 26.4 Å². The zero-order valence-electron chi connectivity index (χ0n) is 44.8. The molecule has 4 saturated heterocycles. The van der Waals surface area contributed by atoms with Gasteiger partial charge in [-0.15, -0.1) is 0 Å². The fourth-order valence-electron chi connectivity index (χ4n) is 9.65. The summed E-state index contributed by atoms with van der Waals surface area (Å²) in [5.74, 6) is -3.15. The zero-order chi connectivity index (χ0) is 57.4. The second-order valence-electron chi connectivity index (χ2n) is 19.6. The van der Waals surface area contributed by atoms with Crippen LogP contribution in [0.4, 0.5) is 0 Å². The first-order chi connectivity index (χ1) is 37.0. The average molecular weight is 1160 g/mol. The number of ether oxygens (including phenoxy) is 7. The number of hydrogen-bond donors (Lipinski definition) is 13. The number of hydrogen-bond acceptors (Lipinski definition) is 24. The molecule has 4 aliphatic heterocycles. The normalized spacial score (nSPS) is 35.0. The van der Waals surface area contributed by atoms with Gasteiger partial charge in [0.05, 0.1) is 26.4 Å². The summed E-state index contributed by atoms with van der Waals surface area (Å²) in [5.41, 5.74) is 1.14. The van der Waals surface area contributed by atoms with Crippen molar-refractivity contribution in [1.29, 1.82) is 0 Å². The third-order valence-corrected chi connectivity index (χ3v) is 14.1. The molecule has 8 unspecified atom stereocenters. The van der Waals surface area contributed by atoms with Gasteiger partial charge in [-0.1, -0.05) is 50.5 Å². The third kappa shape index (κ3) is 19.6. The zero-order valence-corrected chi connectivity index (χ0v) is 47.6. The van der Waals surface area contributed by atoms with E-state index in [1.165, 1.54) is 25.7 Å². The van der Waals surface area contributed by atoms with Crippen LogP contribution < -0.4 is 50.8 Å². The number of rotatable bonds is 27. The summed E-state index contributed by atoms with van der Waals surface area (Å²) in [6.07, 6.45) is -15.5. The van der Waals surface area contributed by atoms with Crippen LogP contribution in [0.15, 0.2) is 36.4 Å². The number of carbonyl (C=O) groups excluding carboxylic acids is 4. The minimum atomic E-state index is -5.41. The molecule has 4 fully saturated rings. The molecule has 30 heteroatoms. The predicted octanol–water partition coefficient (Wildman–Crippen LogP) is -7.15. The maximum atomic E-state index is 13.7. The van der Waals surface area contributed by atoms with Gasteiger partial charge in [-0.25, -0.2) is 8.42 Å². The third-order valence-electron chi connectivity index (χ3n) is 13.6. The van der Waals surface area contributed by atoms with Crippen LogP contribution in [0.1, 0.15) is 95.0 Å². The van der Waals surface area contributed by atoms with Crippen LogP contribution in [0.5, 0.6) is 0 Å². The van der Waals surface area contributed by atoms with Crippen LogP contribution in [0.25, 0.3) is 0 Å². The minimum Gasteiger partial charge on any atom is -0.726 e. The molecule has 1 aromatic rings. The fourth-order valence-corrected chi connectivity index (χ4v) is 9.95. The molecule has 0 spiro atoms. The van der Waals surface area contributed by atoms with Gasteiger partial charge in [0, 0.05) is 26.3 Å². The number of aliphatic hydroxyl groups is 9. The van der Waals surface area contributed by atoms with Crippen LogP contribution in [-0.4, -0.2) is 232 Å². The Morgan fingerprint density at radius 1 is 0.570 bits per heavy atom. The number of unbranched alkanes of at least 4 members (excludes halogenated alkanes) is 6. The Labute approximate surface area is 480 Å². The Morgan fingerprint density at radius 3 is 1.46 bits per heavy atom. The molecule has 4 aliphatic rings. The summed E-state index contributed by atoms with van der Waals surface area (Å²) in [7, 11) is -5.41. The monoisotopic (exact) mass is 1160 g/mol. The van der Waals surface area contributed by atoms with Gasteiger partial charge in [0.25, 0.3) is 5.91 Å². The molecule has 0 aliphatic carbocycles. The van der Waals surface area contributed by atoms with Gasteiger partial charge < -0.3 is 105 Å². The molecule has 28 nitrogen and oxygen atoms in total. The number of aryl methyl sites for hydroxylation is 1. The Hall–Kier alpha value is -2.93. The van der Waals surface area contributed by atoms with Gasteiger partial charge in [-0.3, -0.25) is 23.4 Å². The molecule has 79 heavy (non-hydrogen) atoms. The van der Waals surface area contributed by atoms with Gasteiger partial charge in [0.15, 0.2) is 25.2 Å². The molecule has 13 N–H and O–H groups in total. The van der Waals surface area contributed by atoms with Crippen molar-refractivity contribution < 1.29 is 145 Å². The molecule has 20 atom stereocenters. The van der Waals surface area contributed by atoms with Gasteiger partial charge >= 0.3 is 29.6 Å². The Balaban J connectivity index is 0.0000134. The van der Waals surface area contributed by atoms with Crippen molar-refractivity contribution >= 4 is 34.0 Å². The maximum absolute atomic E-state index is 13.7. The number of allylic oxidation sites excluding steroid dienone is 2. The topological polar surface area (TPSA) is 430 Å². The minimum absolute atomic E-state index is 0. The van der Waals surface area contributed by atoms with Gasteiger partial charge in [0.2, 0.25) is 28.1 Å². The first-order valence-corrected chi connectivity index (χ1v) is 27.3. The summed E-state index contributed by atoms with van der Waals surface area (Å²) in [4.78, 5) is 51.0. The van der Waals surface area contributed by atoms with E-state index in [2.05, 4.69) is 44.5 Å². The number of nitrogens with one attached hydrogen (secondary N) is 4. The summed E-state index contributed by atoms with van der Waals surface area (Å²) in [6, 6.07) is -0.0342. The smallest absolute Gasteiger partial charge is 0.726 e. The summed E-state index contributed by atoms with van der Waals surface area (Å²) >= 11 is 0. The summed E-state index contributed by atoms with van der Waals surface area (Å²) < 4.78 is 79.8. The molecule has 5 rings (SSSR count). The van der Waals surface area contributed by atoms with Crippen LogP contribution in [-0.2, 0) is 68.5 Å². The Bertz CT molecular complexity index is 2210. The maximum Gasteiger partial charge on any atom is 1.00 e. The van der Waals surface area contributed by atoms with Crippen molar-refractivity contribution in [3.8, 4) is 0 Å². The summed E-state index contributed by atoms with van der Waals surface area (Å²) in [5, 5.41) is 109. The largest absolute Gasteiger partial charge is 1.00 e. The fraction of sp³-hybridized carbons (Fsp3) is 0.755. The quantitative estimate of drug-likeness (QED) is 0.0128. The second kappa shape index (κ2) is 32.8. The van der Waals surface area contributed by atoms with Crippen molar-refractivity contribution in [3.05, 3.63) is 47.5 Å².